The van der Waals surface area contributed by atoms with Crippen LogP contribution < -0.4 is 0 Å². The van der Waals surface area contributed by atoms with Gasteiger partial charge >= 0.3 is 0 Å². The minimum Gasteiger partial charge on any atom is -0.411 e. The molecule has 0 bridgehead atoms. The Morgan fingerprint density at radius 3 is 2.36 bits per heavy atom. The molecule has 0 radical (unpaired) electrons. The second-order valence-corrected chi connectivity index (χ2v) is 4.06. The maximum absolute atomic E-state index is 8.94. The second kappa shape index (κ2) is 4.01. The molecule has 0 unspecified atom stereocenters. The molecule has 3 heteroatoms. The van der Waals surface area contributed by atoms with Crippen molar-refractivity contribution < 1.29 is 5.21 Å². The summed E-state index contributed by atoms with van der Waals surface area (Å²) in [6, 6.07) is 7.44. The first-order chi connectivity index (χ1) is 6.81. The van der Waals surface area contributed by atoms with E-state index in [9.17, 15) is 0 Å². The van der Waals surface area contributed by atoms with Crippen molar-refractivity contribution in [2.45, 2.75) is 19.3 Å². The van der Waals surface area contributed by atoms with E-state index in [1.54, 1.807) is 0 Å². The Labute approximate surface area is 88.2 Å². The van der Waals surface area contributed by atoms with Crippen LogP contribution in [0.3, 0.4) is 0 Å². The molecule has 2 rings (SSSR count). The number of hydrogen-bond donors (Lipinski definition) is 1. The summed E-state index contributed by atoms with van der Waals surface area (Å²) < 4.78 is 0. The van der Waals surface area contributed by atoms with Crippen molar-refractivity contribution in [3.05, 3.63) is 34.9 Å². The van der Waals surface area contributed by atoms with E-state index in [0.29, 0.717) is 10.9 Å². The predicted octanol–water partition coefficient (Wildman–Crippen LogP) is 3.32. The summed E-state index contributed by atoms with van der Waals surface area (Å²) in [5.74, 6) is 0.432. The minimum absolute atomic E-state index is 0.432. The lowest BCUT2D eigenvalue weighted by Gasteiger charge is -2.26. The Morgan fingerprint density at radius 1 is 1.29 bits per heavy atom. The standard InChI is InChI=1S/C11H12ClNO/c12-10-6-4-9(5-7-10)11(13-14)8-2-1-3-8/h4-8,14H,1-3H2. The molecule has 1 aliphatic carbocycles. The van der Waals surface area contributed by atoms with Gasteiger partial charge in [-0.3, -0.25) is 0 Å². The van der Waals surface area contributed by atoms with Gasteiger partial charge in [-0.05, 0) is 30.5 Å². The molecule has 1 fully saturated rings. The van der Waals surface area contributed by atoms with Crippen LogP contribution in [0.25, 0.3) is 0 Å². The lowest BCUT2D eigenvalue weighted by Crippen LogP contribution is -2.22. The topological polar surface area (TPSA) is 32.6 Å². The minimum atomic E-state index is 0.432. The van der Waals surface area contributed by atoms with Crippen molar-refractivity contribution in [2.75, 3.05) is 0 Å². The van der Waals surface area contributed by atoms with Crippen molar-refractivity contribution in [1.29, 1.82) is 0 Å². The number of halogens is 1. The van der Waals surface area contributed by atoms with Gasteiger partial charge in [0.25, 0.3) is 0 Å². The first-order valence-corrected chi connectivity index (χ1v) is 5.17. The summed E-state index contributed by atoms with van der Waals surface area (Å²) in [6.07, 6.45) is 3.49. The number of oxime groups is 1. The first kappa shape index (κ1) is 9.53. The maximum Gasteiger partial charge on any atom is 0.0898 e. The van der Waals surface area contributed by atoms with E-state index in [1.807, 2.05) is 24.3 Å². The largest absolute Gasteiger partial charge is 0.411 e. The molecule has 0 aliphatic heterocycles. The fourth-order valence-electron chi connectivity index (χ4n) is 1.68. The molecule has 2 nitrogen and oxygen atoms in total. The van der Waals surface area contributed by atoms with Crippen LogP contribution in [0.2, 0.25) is 5.02 Å². The molecular weight excluding hydrogens is 198 g/mol. The molecule has 0 amide bonds. The molecule has 0 aromatic heterocycles. The van der Waals surface area contributed by atoms with Crippen molar-refractivity contribution in [3.8, 4) is 0 Å². The molecule has 14 heavy (non-hydrogen) atoms. The van der Waals surface area contributed by atoms with Gasteiger partial charge in [-0.15, -0.1) is 0 Å². The molecule has 1 aromatic rings. The van der Waals surface area contributed by atoms with Gasteiger partial charge in [0.05, 0.1) is 5.71 Å². The summed E-state index contributed by atoms with van der Waals surface area (Å²) in [7, 11) is 0. The van der Waals surface area contributed by atoms with Gasteiger partial charge in [-0.2, -0.15) is 0 Å². The molecule has 0 saturated heterocycles. The van der Waals surface area contributed by atoms with Gasteiger partial charge in [0.1, 0.15) is 0 Å². The smallest absolute Gasteiger partial charge is 0.0898 e. The van der Waals surface area contributed by atoms with Crippen molar-refractivity contribution >= 4 is 17.3 Å². The quantitative estimate of drug-likeness (QED) is 0.452. The van der Waals surface area contributed by atoms with Gasteiger partial charge in [0.2, 0.25) is 0 Å². The molecule has 1 aliphatic rings. The maximum atomic E-state index is 8.94. The van der Waals surface area contributed by atoms with Gasteiger partial charge in [-0.25, -0.2) is 0 Å². The molecule has 1 saturated carbocycles. The van der Waals surface area contributed by atoms with E-state index < -0.39 is 0 Å². The Bertz CT molecular complexity index is 341. The van der Waals surface area contributed by atoms with Crippen LogP contribution in [0.4, 0.5) is 0 Å². The monoisotopic (exact) mass is 209 g/mol. The van der Waals surface area contributed by atoms with E-state index >= 15 is 0 Å². The fraction of sp³-hybridized carbons (Fsp3) is 0.364. The van der Waals surface area contributed by atoms with E-state index in [1.165, 1.54) is 6.42 Å². The fourth-order valence-corrected chi connectivity index (χ4v) is 1.80. The summed E-state index contributed by atoms with van der Waals surface area (Å²) in [5, 5.41) is 13.0. The summed E-state index contributed by atoms with van der Waals surface area (Å²) in [6.45, 7) is 0. The van der Waals surface area contributed by atoms with Crippen LogP contribution in [0, 0.1) is 5.92 Å². The van der Waals surface area contributed by atoms with Crippen molar-refractivity contribution in [2.24, 2.45) is 11.1 Å². The Kier molecular flexibility index (Phi) is 2.73. The third-order valence-electron chi connectivity index (χ3n) is 2.74. The molecule has 1 aromatic carbocycles. The molecule has 74 valence electrons. The Hall–Kier alpha value is -1.02. The highest BCUT2D eigenvalue weighted by Crippen LogP contribution is 2.30. The van der Waals surface area contributed by atoms with Crippen LogP contribution in [0.15, 0.2) is 29.4 Å². The number of hydrogen-bond acceptors (Lipinski definition) is 2. The van der Waals surface area contributed by atoms with E-state index in [-0.39, 0.29) is 0 Å². The van der Waals surface area contributed by atoms with Gasteiger partial charge < -0.3 is 5.21 Å². The predicted molar refractivity (Wildman–Crippen MR) is 57.1 cm³/mol. The first-order valence-electron chi connectivity index (χ1n) is 4.79. The number of nitrogens with zero attached hydrogens (tertiary/aromatic N) is 1. The van der Waals surface area contributed by atoms with Crippen molar-refractivity contribution in [3.63, 3.8) is 0 Å². The lowest BCUT2D eigenvalue weighted by molar-refractivity contribution is 0.306. The summed E-state index contributed by atoms with van der Waals surface area (Å²) in [4.78, 5) is 0. The third-order valence-corrected chi connectivity index (χ3v) is 2.99. The van der Waals surface area contributed by atoms with Crippen LogP contribution in [-0.4, -0.2) is 10.9 Å². The molecule has 0 spiro atoms. The van der Waals surface area contributed by atoms with Crippen LogP contribution in [-0.2, 0) is 0 Å². The summed E-state index contributed by atoms with van der Waals surface area (Å²) in [5.41, 5.74) is 1.77. The highest BCUT2D eigenvalue weighted by atomic mass is 35.5. The van der Waals surface area contributed by atoms with Crippen LogP contribution in [0.1, 0.15) is 24.8 Å². The average Bonchev–Trinajstić information content (AvgIpc) is 2.13. The Balaban J connectivity index is 2.23. The molecule has 0 atom stereocenters. The number of benzene rings is 1. The molecule has 0 heterocycles. The highest BCUT2D eigenvalue weighted by Gasteiger charge is 2.24. The zero-order valence-electron chi connectivity index (χ0n) is 7.78. The highest BCUT2D eigenvalue weighted by molar-refractivity contribution is 6.30. The normalized spacial score (nSPS) is 17.9. The Morgan fingerprint density at radius 2 is 1.93 bits per heavy atom. The van der Waals surface area contributed by atoms with Crippen molar-refractivity contribution in [1.82, 2.24) is 0 Å². The van der Waals surface area contributed by atoms with E-state index in [0.717, 1.165) is 24.1 Å². The van der Waals surface area contributed by atoms with Crippen LogP contribution >= 0.6 is 11.6 Å². The average molecular weight is 210 g/mol. The van der Waals surface area contributed by atoms with E-state index in [2.05, 4.69) is 5.16 Å². The zero-order valence-corrected chi connectivity index (χ0v) is 8.54. The summed E-state index contributed by atoms with van der Waals surface area (Å²) >= 11 is 5.78. The zero-order chi connectivity index (χ0) is 9.97. The third kappa shape index (κ3) is 1.75. The lowest BCUT2D eigenvalue weighted by atomic mass is 9.79. The van der Waals surface area contributed by atoms with Gasteiger partial charge in [-0.1, -0.05) is 35.3 Å². The van der Waals surface area contributed by atoms with E-state index in [4.69, 9.17) is 16.8 Å². The van der Waals surface area contributed by atoms with Gasteiger partial charge in [0, 0.05) is 10.9 Å². The number of rotatable bonds is 2. The van der Waals surface area contributed by atoms with Crippen LogP contribution in [0.5, 0.6) is 0 Å². The SMILES string of the molecule is ON=C(c1ccc(Cl)cc1)C1CCC1. The molecular formula is C11H12ClNO. The van der Waals surface area contributed by atoms with Gasteiger partial charge in [0.15, 0.2) is 0 Å². The molecule has 1 N–H and O–H groups in total. The second-order valence-electron chi connectivity index (χ2n) is 3.62.